The van der Waals surface area contributed by atoms with Crippen molar-refractivity contribution in [3.05, 3.63) is 35.4 Å². The number of aryl methyl sites for hydroxylation is 1. The van der Waals surface area contributed by atoms with Gasteiger partial charge in [-0.3, -0.25) is 0 Å². The smallest absolute Gasteiger partial charge is 0.279 e. The van der Waals surface area contributed by atoms with E-state index in [4.69, 9.17) is 0 Å². The van der Waals surface area contributed by atoms with Crippen molar-refractivity contribution in [1.82, 2.24) is 9.03 Å². The number of benzene rings is 1. The molecule has 1 heterocycles. The first-order valence-corrected chi connectivity index (χ1v) is 8.90. The lowest BCUT2D eigenvalue weighted by Gasteiger charge is -2.33. The number of nitrogens with zero attached hydrogens (tertiary/aromatic N) is 1. The Morgan fingerprint density at radius 1 is 1.38 bits per heavy atom. The number of rotatable bonds is 6. The van der Waals surface area contributed by atoms with Gasteiger partial charge in [0.25, 0.3) is 10.2 Å². The highest BCUT2D eigenvalue weighted by atomic mass is 32.2. The Labute approximate surface area is 127 Å². The van der Waals surface area contributed by atoms with E-state index in [1.807, 2.05) is 25.1 Å². The number of hydrogen-bond acceptors (Lipinski definition) is 3. The number of aliphatic hydroxyl groups excluding tert-OH is 1. The van der Waals surface area contributed by atoms with Gasteiger partial charge in [-0.05, 0) is 31.7 Å². The molecule has 6 heteroatoms. The molecule has 1 saturated heterocycles. The summed E-state index contributed by atoms with van der Waals surface area (Å²) < 4.78 is 28.7. The molecular weight excluding hydrogens is 288 g/mol. The fraction of sp³-hybridized carbons (Fsp3) is 0.600. The van der Waals surface area contributed by atoms with Gasteiger partial charge < -0.3 is 5.11 Å². The van der Waals surface area contributed by atoms with Crippen LogP contribution in [0.2, 0.25) is 0 Å². The molecule has 1 unspecified atom stereocenters. The zero-order valence-electron chi connectivity index (χ0n) is 12.5. The van der Waals surface area contributed by atoms with Crippen LogP contribution in [-0.2, 0) is 16.6 Å². The van der Waals surface area contributed by atoms with Gasteiger partial charge in [-0.25, -0.2) is 4.72 Å². The minimum absolute atomic E-state index is 0.112. The highest BCUT2D eigenvalue weighted by Crippen LogP contribution is 2.19. The average molecular weight is 312 g/mol. The van der Waals surface area contributed by atoms with E-state index in [0.717, 1.165) is 24.8 Å². The summed E-state index contributed by atoms with van der Waals surface area (Å²) in [6.45, 7) is 2.78. The first-order valence-electron chi connectivity index (χ1n) is 7.46. The second-order valence-corrected chi connectivity index (χ2v) is 7.29. The number of hydrogen-bond donors (Lipinski definition) is 2. The van der Waals surface area contributed by atoms with E-state index in [2.05, 4.69) is 10.8 Å². The molecule has 118 valence electrons. The van der Waals surface area contributed by atoms with Crippen LogP contribution >= 0.6 is 0 Å². The molecule has 1 fully saturated rings. The van der Waals surface area contributed by atoms with Crippen LogP contribution in [0.1, 0.15) is 30.4 Å². The van der Waals surface area contributed by atoms with E-state index in [-0.39, 0.29) is 12.6 Å². The van der Waals surface area contributed by atoms with E-state index in [9.17, 15) is 13.5 Å². The van der Waals surface area contributed by atoms with E-state index in [1.54, 1.807) is 0 Å². The highest BCUT2D eigenvalue weighted by Gasteiger charge is 2.31. The van der Waals surface area contributed by atoms with Gasteiger partial charge in [0, 0.05) is 19.1 Å². The maximum atomic E-state index is 12.3. The third-order valence-electron chi connectivity index (χ3n) is 3.87. The molecule has 21 heavy (non-hydrogen) atoms. The van der Waals surface area contributed by atoms with Crippen LogP contribution < -0.4 is 4.72 Å². The second kappa shape index (κ2) is 7.35. The Morgan fingerprint density at radius 2 is 2.19 bits per heavy atom. The molecule has 1 atom stereocenters. The lowest BCUT2D eigenvalue weighted by molar-refractivity contribution is 0.154. The van der Waals surface area contributed by atoms with Crippen molar-refractivity contribution >= 4 is 10.2 Å². The third-order valence-corrected chi connectivity index (χ3v) is 5.54. The minimum atomic E-state index is -3.50. The quantitative estimate of drug-likeness (QED) is 0.830. The maximum absolute atomic E-state index is 12.3. The van der Waals surface area contributed by atoms with Crippen molar-refractivity contribution in [3.63, 3.8) is 0 Å². The lowest BCUT2D eigenvalue weighted by Crippen LogP contribution is -2.50. The first kappa shape index (κ1) is 16.4. The second-order valence-electron chi connectivity index (χ2n) is 5.58. The zero-order chi connectivity index (χ0) is 15.3. The molecule has 0 amide bonds. The normalized spacial score (nSPS) is 20.6. The summed E-state index contributed by atoms with van der Waals surface area (Å²) in [6.07, 6.45) is 3.23. The molecule has 0 aliphatic carbocycles. The minimum Gasteiger partial charge on any atom is -0.395 e. The molecule has 0 saturated carbocycles. The van der Waals surface area contributed by atoms with Gasteiger partial charge in [-0.15, -0.1) is 0 Å². The molecular formula is C15H24N2O3S. The van der Waals surface area contributed by atoms with Crippen LogP contribution in [0.3, 0.4) is 0 Å². The fourth-order valence-electron chi connectivity index (χ4n) is 2.75. The van der Waals surface area contributed by atoms with E-state index >= 15 is 0 Å². The topological polar surface area (TPSA) is 69.6 Å². The summed E-state index contributed by atoms with van der Waals surface area (Å²) in [7, 11) is -3.50. The Bertz CT molecular complexity index is 560. The number of piperidine rings is 1. The van der Waals surface area contributed by atoms with Crippen molar-refractivity contribution in [2.45, 2.75) is 38.6 Å². The van der Waals surface area contributed by atoms with Gasteiger partial charge in [0.05, 0.1) is 6.61 Å². The lowest BCUT2D eigenvalue weighted by atomic mass is 10.1. The third kappa shape index (κ3) is 4.51. The van der Waals surface area contributed by atoms with Gasteiger partial charge in [-0.2, -0.15) is 12.7 Å². The molecule has 0 spiro atoms. The summed E-state index contributed by atoms with van der Waals surface area (Å²) >= 11 is 0. The summed E-state index contributed by atoms with van der Waals surface area (Å²) in [5.41, 5.74) is 2.29. The number of aliphatic hydroxyl groups is 1. The molecule has 0 bridgehead atoms. The molecule has 2 rings (SSSR count). The summed E-state index contributed by atoms with van der Waals surface area (Å²) in [6, 6.07) is 7.78. The van der Waals surface area contributed by atoms with Gasteiger partial charge in [-0.1, -0.05) is 36.2 Å². The van der Waals surface area contributed by atoms with Crippen molar-refractivity contribution in [2.75, 3.05) is 19.7 Å². The maximum Gasteiger partial charge on any atom is 0.279 e. The first-order chi connectivity index (χ1) is 10.0. The van der Waals surface area contributed by atoms with Gasteiger partial charge in [0.15, 0.2) is 0 Å². The van der Waals surface area contributed by atoms with Gasteiger partial charge in [0.2, 0.25) is 0 Å². The van der Waals surface area contributed by atoms with Crippen LogP contribution in [0, 0.1) is 6.92 Å². The van der Waals surface area contributed by atoms with E-state index < -0.39 is 10.2 Å². The van der Waals surface area contributed by atoms with Crippen LogP contribution in [0.25, 0.3) is 0 Å². The molecule has 5 nitrogen and oxygen atoms in total. The molecule has 0 aromatic heterocycles. The zero-order valence-corrected chi connectivity index (χ0v) is 13.3. The predicted octanol–water partition coefficient (Wildman–Crippen LogP) is 1.22. The molecule has 0 radical (unpaired) electrons. The van der Waals surface area contributed by atoms with Crippen molar-refractivity contribution in [3.8, 4) is 0 Å². The van der Waals surface area contributed by atoms with Gasteiger partial charge in [0.1, 0.15) is 0 Å². The molecule has 1 aliphatic rings. The van der Waals surface area contributed by atoms with Crippen LogP contribution in [0.15, 0.2) is 24.3 Å². The Hall–Kier alpha value is -0.950. The molecule has 1 aliphatic heterocycles. The van der Waals surface area contributed by atoms with Gasteiger partial charge >= 0.3 is 0 Å². The summed E-state index contributed by atoms with van der Waals surface area (Å²) in [5.74, 6) is 0. The Kier molecular flexibility index (Phi) is 5.75. The SMILES string of the molecule is Cc1cccc(CCNS(=O)(=O)N2CCCCC2CO)c1. The number of nitrogens with one attached hydrogen (secondary N) is 1. The predicted molar refractivity (Wildman–Crippen MR) is 83.2 cm³/mol. The van der Waals surface area contributed by atoms with Crippen LogP contribution in [0.5, 0.6) is 0 Å². The molecule has 1 aromatic rings. The average Bonchev–Trinajstić information content (AvgIpc) is 2.47. The van der Waals surface area contributed by atoms with Crippen molar-refractivity contribution in [2.24, 2.45) is 0 Å². The van der Waals surface area contributed by atoms with Crippen LogP contribution in [-0.4, -0.2) is 43.6 Å². The molecule has 1 aromatic carbocycles. The monoisotopic (exact) mass is 312 g/mol. The highest BCUT2D eigenvalue weighted by molar-refractivity contribution is 7.87. The van der Waals surface area contributed by atoms with E-state index in [0.29, 0.717) is 19.5 Å². The standard InChI is InChI=1S/C15H24N2O3S/c1-13-5-4-6-14(11-13)8-9-16-21(19,20)17-10-3-2-7-15(17)12-18/h4-6,11,15-16,18H,2-3,7-10,12H2,1H3. The van der Waals surface area contributed by atoms with Crippen molar-refractivity contribution < 1.29 is 13.5 Å². The largest absolute Gasteiger partial charge is 0.395 e. The Balaban J connectivity index is 1.91. The fourth-order valence-corrected chi connectivity index (χ4v) is 4.21. The molecule has 2 N–H and O–H groups in total. The Morgan fingerprint density at radius 3 is 2.90 bits per heavy atom. The van der Waals surface area contributed by atoms with E-state index in [1.165, 1.54) is 9.87 Å². The summed E-state index contributed by atoms with van der Waals surface area (Å²) in [4.78, 5) is 0. The van der Waals surface area contributed by atoms with Crippen molar-refractivity contribution in [1.29, 1.82) is 0 Å². The van der Waals surface area contributed by atoms with Crippen LogP contribution in [0.4, 0.5) is 0 Å². The summed E-state index contributed by atoms with van der Waals surface area (Å²) in [5, 5.41) is 9.32.